The summed E-state index contributed by atoms with van der Waals surface area (Å²) in [6, 6.07) is 8.72. The molecule has 1 aliphatic heterocycles. The zero-order valence-electron chi connectivity index (χ0n) is 11.3. The molecule has 100 valence electrons. The standard InChI is InChI=1S/C14H22N2OS/c1-11(10-18-3)16(2)9-12-8-15-13-6-4-5-7-14(13)17-12/h4-7,11-12,15H,8-10H2,1-3H3. The summed E-state index contributed by atoms with van der Waals surface area (Å²) in [4.78, 5) is 2.37. The van der Waals surface area contributed by atoms with E-state index in [4.69, 9.17) is 4.74 Å². The number of rotatable bonds is 5. The van der Waals surface area contributed by atoms with Gasteiger partial charge < -0.3 is 10.1 Å². The second-order valence-corrected chi connectivity index (χ2v) is 5.77. The Morgan fingerprint density at radius 2 is 2.28 bits per heavy atom. The van der Waals surface area contributed by atoms with Gasteiger partial charge in [-0.25, -0.2) is 0 Å². The lowest BCUT2D eigenvalue weighted by atomic mass is 10.2. The Morgan fingerprint density at radius 3 is 3.06 bits per heavy atom. The maximum absolute atomic E-state index is 6.02. The summed E-state index contributed by atoms with van der Waals surface area (Å²) < 4.78 is 6.02. The topological polar surface area (TPSA) is 24.5 Å². The number of hydrogen-bond donors (Lipinski definition) is 1. The van der Waals surface area contributed by atoms with E-state index in [0.29, 0.717) is 6.04 Å². The minimum atomic E-state index is 0.231. The average Bonchev–Trinajstić information content (AvgIpc) is 2.39. The first-order chi connectivity index (χ1) is 8.70. The molecule has 0 spiro atoms. The van der Waals surface area contributed by atoms with Crippen LogP contribution in [0.25, 0.3) is 0 Å². The quantitative estimate of drug-likeness (QED) is 0.885. The van der Waals surface area contributed by atoms with E-state index in [0.717, 1.165) is 30.3 Å². The summed E-state index contributed by atoms with van der Waals surface area (Å²) in [6.07, 6.45) is 2.38. The molecule has 4 heteroatoms. The lowest BCUT2D eigenvalue weighted by Gasteiger charge is -2.32. The Morgan fingerprint density at radius 1 is 1.50 bits per heavy atom. The van der Waals surface area contributed by atoms with Crippen molar-refractivity contribution in [2.45, 2.75) is 19.1 Å². The van der Waals surface area contributed by atoms with Crippen molar-refractivity contribution in [3.63, 3.8) is 0 Å². The van der Waals surface area contributed by atoms with Crippen LogP contribution in [-0.2, 0) is 0 Å². The number of likely N-dealkylation sites (N-methyl/N-ethyl adjacent to an activating group) is 1. The molecule has 0 aromatic heterocycles. The summed E-state index contributed by atoms with van der Waals surface area (Å²) in [5.74, 6) is 2.13. The first-order valence-electron chi connectivity index (χ1n) is 6.39. The molecule has 0 fully saturated rings. The summed E-state index contributed by atoms with van der Waals surface area (Å²) in [5.41, 5.74) is 1.11. The van der Waals surface area contributed by atoms with Gasteiger partial charge in [0.25, 0.3) is 0 Å². The van der Waals surface area contributed by atoms with E-state index in [1.54, 1.807) is 0 Å². The minimum absolute atomic E-state index is 0.231. The van der Waals surface area contributed by atoms with Crippen LogP contribution < -0.4 is 10.1 Å². The molecule has 1 aromatic rings. The molecular formula is C14H22N2OS. The van der Waals surface area contributed by atoms with Gasteiger partial charge in [0.1, 0.15) is 11.9 Å². The average molecular weight is 266 g/mol. The Balaban J connectivity index is 1.89. The highest BCUT2D eigenvalue weighted by Crippen LogP contribution is 2.28. The van der Waals surface area contributed by atoms with Crippen molar-refractivity contribution in [2.24, 2.45) is 0 Å². The van der Waals surface area contributed by atoms with Crippen molar-refractivity contribution in [1.29, 1.82) is 0 Å². The summed E-state index contributed by atoms with van der Waals surface area (Å²) in [7, 11) is 2.17. The van der Waals surface area contributed by atoms with Crippen LogP contribution in [0.3, 0.4) is 0 Å². The zero-order chi connectivity index (χ0) is 13.0. The van der Waals surface area contributed by atoms with Gasteiger partial charge in [0.05, 0.1) is 12.2 Å². The molecule has 1 N–H and O–H groups in total. The maximum atomic E-state index is 6.02. The van der Waals surface area contributed by atoms with Gasteiger partial charge in [-0.1, -0.05) is 12.1 Å². The number of anilines is 1. The van der Waals surface area contributed by atoms with E-state index >= 15 is 0 Å². The molecular weight excluding hydrogens is 244 g/mol. The van der Waals surface area contributed by atoms with E-state index in [1.165, 1.54) is 0 Å². The van der Waals surface area contributed by atoms with Crippen LogP contribution in [-0.4, -0.2) is 49.2 Å². The molecule has 0 aliphatic carbocycles. The van der Waals surface area contributed by atoms with Gasteiger partial charge in [-0.3, -0.25) is 4.90 Å². The molecule has 1 aliphatic rings. The van der Waals surface area contributed by atoms with E-state index in [1.807, 2.05) is 30.0 Å². The molecule has 0 bridgehead atoms. The fraction of sp³-hybridized carbons (Fsp3) is 0.571. The largest absolute Gasteiger partial charge is 0.485 e. The molecule has 2 atom stereocenters. The summed E-state index contributed by atoms with van der Waals surface area (Å²) in [6.45, 7) is 4.11. The lowest BCUT2D eigenvalue weighted by molar-refractivity contribution is 0.136. The molecule has 18 heavy (non-hydrogen) atoms. The number of benzene rings is 1. The molecule has 3 nitrogen and oxygen atoms in total. The van der Waals surface area contributed by atoms with Crippen LogP contribution in [0.2, 0.25) is 0 Å². The minimum Gasteiger partial charge on any atom is -0.485 e. The van der Waals surface area contributed by atoms with Crippen molar-refractivity contribution in [3.05, 3.63) is 24.3 Å². The molecule has 0 amide bonds. The highest BCUT2D eigenvalue weighted by Gasteiger charge is 2.21. The second kappa shape index (κ2) is 6.34. The van der Waals surface area contributed by atoms with Crippen LogP contribution in [0.15, 0.2) is 24.3 Å². The summed E-state index contributed by atoms with van der Waals surface area (Å²) in [5, 5.41) is 3.43. The molecule has 2 rings (SSSR count). The molecule has 0 radical (unpaired) electrons. The summed E-state index contributed by atoms with van der Waals surface area (Å²) >= 11 is 1.89. The first-order valence-corrected chi connectivity index (χ1v) is 7.79. The zero-order valence-corrected chi connectivity index (χ0v) is 12.2. The molecule has 0 saturated carbocycles. The van der Waals surface area contributed by atoms with Gasteiger partial charge in [-0.2, -0.15) is 11.8 Å². The van der Waals surface area contributed by atoms with E-state index < -0.39 is 0 Å². The van der Waals surface area contributed by atoms with Crippen LogP contribution in [0, 0.1) is 0 Å². The number of nitrogens with zero attached hydrogens (tertiary/aromatic N) is 1. The van der Waals surface area contributed by atoms with E-state index in [2.05, 4.69) is 36.5 Å². The lowest BCUT2D eigenvalue weighted by Crippen LogP contribution is -2.43. The number of thioether (sulfide) groups is 1. The predicted molar refractivity (Wildman–Crippen MR) is 79.8 cm³/mol. The van der Waals surface area contributed by atoms with Crippen molar-refractivity contribution < 1.29 is 4.74 Å². The van der Waals surface area contributed by atoms with Gasteiger partial charge in [0, 0.05) is 18.3 Å². The van der Waals surface area contributed by atoms with Crippen molar-refractivity contribution in [2.75, 3.05) is 37.5 Å². The smallest absolute Gasteiger partial charge is 0.142 e. The normalized spacial score (nSPS) is 19.9. The van der Waals surface area contributed by atoms with Crippen molar-refractivity contribution in [1.82, 2.24) is 4.90 Å². The highest BCUT2D eigenvalue weighted by atomic mass is 32.2. The van der Waals surface area contributed by atoms with Gasteiger partial charge in [-0.15, -0.1) is 0 Å². The third kappa shape index (κ3) is 3.33. The molecule has 2 unspecified atom stereocenters. The van der Waals surface area contributed by atoms with Crippen LogP contribution in [0.5, 0.6) is 5.75 Å². The van der Waals surface area contributed by atoms with E-state index in [-0.39, 0.29) is 6.10 Å². The number of fused-ring (bicyclic) bond motifs is 1. The molecule has 0 saturated heterocycles. The maximum Gasteiger partial charge on any atom is 0.142 e. The Hall–Kier alpha value is -0.870. The van der Waals surface area contributed by atoms with Crippen molar-refractivity contribution >= 4 is 17.4 Å². The fourth-order valence-corrected chi connectivity index (χ4v) is 2.87. The Bertz CT molecular complexity index is 386. The number of para-hydroxylation sites is 2. The second-order valence-electron chi connectivity index (χ2n) is 4.86. The third-order valence-corrected chi connectivity index (χ3v) is 4.17. The molecule has 1 heterocycles. The van der Waals surface area contributed by atoms with E-state index in [9.17, 15) is 0 Å². The highest BCUT2D eigenvalue weighted by molar-refractivity contribution is 7.98. The number of hydrogen-bond acceptors (Lipinski definition) is 4. The Labute approximate surface area is 114 Å². The van der Waals surface area contributed by atoms with Gasteiger partial charge in [0.2, 0.25) is 0 Å². The van der Waals surface area contributed by atoms with Crippen LogP contribution in [0.4, 0.5) is 5.69 Å². The van der Waals surface area contributed by atoms with Gasteiger partial charge >= 0.3 is 0 Å². The first kappa shape index (κ1) is 13.6. The SMILES string of the molecule is CSCC(C)N(C)CC1CNc2ccccc2O1. The van der Waals surface area contributed by atoms with Crippen LogP contribution in [0.1, 0.15) is 6.92 Å². The fourth-order valence-electron chi connectivity index (χ4n) is 2.13. The number of nitrogens with one attached hydrogen (secondary N) is 1. The van der Waals surface area contributed by atoms with Gasteiger partial charge in [-0.05, 0) is 32.4 Å². The van der Waals surface area contributed by atoms with Crippen molar-refractivity contribution in [3.8, 4) is 5.75 Å². The third-order valence-electron chi connectivity index (χ3n) is 3.35. The number of ether oxygens (including phenoxy) is 1. The molecule has 1 aromatic carbocycles. The Kier molecular flexibility index (Phi) is 4.78. The predicted octanol–water partition coefficient (Wildman–Crippen LogP) is 2.54. The van der Waals surface area contributed by atoms with Crippen LogP contribution >= 0.6 is 11.8 Å². The monoisotopic (exact) mass is 266 g/mol. The van der Waals surface area contributed by atoms with Gasteiger partial charge in [0.15, 0.2) is 0 Å².